The van der Waals surface area contributed by atoms with Crippen LogP contribution in [0.25, 0.3) is 32.3 Å². The molecule has 13 heteroatoms. The van der Waals surface area contributed by atoms with E-state index in [-0.39, 0.29) is 16.7 Å². The van der Waals surface area contributed by atoms with Gasteiger partial charge in [-0.05, 0) is 61.5 Å². The molecule has 0 aliphatic carbocycles. The van der Waals surface area contributed by atoms with E-state index >= 15 is 0 Å². The van der Waals surface area contributed by atoms with Crippen LogP contribution in [0, 0.1) is 0 Å². The van der Waals surface area contributed by atoms with Crippen molar-refractivity contribution >= 4 is 92.4 Å². The zero-order valence-corrected chi connectivity index (χ0v) is 25.9. The SMILES string of the molecule is BrBr.Cn1cc(Br)c2ccncc2c1=O.O=c1[nH]cc(Br)c2ccncc12.O=c1[nH]ccc2ccncc12. The van der Waals surface area contributed by atoms with Gasteiger partial charge in [0.1, 0.15) is 0 Å². The molecule has 0 radical (unpaired) electrons. The van der Waals surface area contributed by atoms with Gasteiger partial charge in [0.05, 0.1) is 16.2 Å². The number of nitrogens with one attached hydrogen (secondary N) is 2. The molecular weight excluding hydrogens is 752 g/mol. The highest BCUT2D eigenvalue weighted by Gasteiger charge is 2.03. The topological polar surface area (TPSA) is 126 Å². The van der Waals surface area contributed by atoms with Crippen LogP contribution in [0.1, 0.15) is 0 Å². The molecule has 0 atom stereocenters. The van der Waals surface area contributed by atoms with Crippen LogP contribution < -0.4 is 16.7 Å². The Bertz CT molecular complexity index is 1870. The summed E-state index contributed by atoms with van der Waals surface area (Å²) in [7, 11) is 1.72. The first kappa shape index (κ1) is 29.6. The molecule has 0 aliphatic heterocycles. The average Bonchev–Trinajstić information content (AvgIpc) is 2.96. The maximum absolute atomic E-state index is 11.6. The summed E-state index contributed by atoms with van der Waals surface area (Å²) < 4.78 is 3.32. The zero-order chi connectivity index (χ0) is 27.7. The summed E-state index contributed by atoms with van der Waals surface area (Å²) in [5.41, 5.74) is -0.219. The Kier molecular flexibility index (Phi) is 11.1. The molecule has 9 nitrogen and oxygen atoms in total. The molecule has 0 aromatic carbocycles. The van der Waals surface area contributed by atoms with Crippen molar-refractivity contribution in [3.8, 4) is 0 Å². The van der Waals surface area contributed by atoms with Crippen molar-refractivity contribution in [3.05, 3.63) is 120 Å². The highest BCUT2D eigenvalue weighted by molar-refractivity contribution is 9.93. The summed E-state index contributed by atoms with van der Waals surface area (Å²) in [5, 5.41) is 4.58. The molecule has 0 bridgehead atoms. The molecule has 0 aliphatic rings. The number of hydrogen-bond acceptors (Lipinski definition) is 6. The fraction of sp³-hybridized carbons (Fsp3) is 0.0400. The Morgan fingerprint density at radius 1 is 0.684 bits per heavy atom. The summed E-state index contributed by atoms with van der Waals surface area (Å²) in [6.07, 6.45) is 14.7. The normalized spacial score (nSPS) is 10.0. The molecule has 6 aromatic rings. The number of rotatable bonds is 0. The fourth-order valence-corrected chi connectivity index (χ4v) is 4.47. The first-order chi connectivity index (χ1) is 18.4. The number of nitrogens with zero attached hydrogens (tertiary/aromatic N) is 4. The van der Waals surface area contributed by atoms with Gasteiger partial charge >= 0.3 is 0 Å². The standard InChI is InChI=1S/C9H7BrN2O.C8H5BrN2O.C8H6N2O.Br2/c1-12-5-8(10)6-2-3-11-4-7(6)9(12)13;9-7-4-11-8(12)6-3-10-2-1-5(6)7;11-8-7-5-9-3-1-6(7)2-4-10-8;1-2/h2-5H,1H3;1-4H,(H,11,12);1-5H,(H,10,11);. The average molecular weight is 770 g/mol. The van der Waals surface area contributed by atoms with Crippen molar-refractivity contribution in [2.24, 2.45) is 7.05 Å². The van der Waals surface area contributed by atoms with Gasteiger partial charge in [-0.3, -0.25) is 29.3 Å². The summed E-state index contributed by atoms with van der Waals surface area (Å²) in [4.78, 5) is 50.7. The van der Waals surface area contributed by atoms with E-state index in [2.05, 4.69) is 85.0 Å². The van der Waals surface area contributed by atoms with Gasteiger partial charge in [0, 0.05) is 111 Å². The monoisotopic (exact) mass is 766 g/mol. The van der Waals surface area contributed by atoms with Crippen molar-refractivity contribution in [1.29, 1.82) is 0 Å². The zero-order valence-electron chi connectivity index (χ0n) is 19.5. The van der Waals surface area contributed by atoms with Gasteiger partial charge in [-0.2, -0.15) is 0 Å². The van der Waals surface area contributed by atoms with E-state index in [9.17, 15) is 14.4 Å². The minimum atomic E-state index is -0.110. The van der Waals surface area contributed by atoms with Crippen LogP contribution in [0.5, 0.6) is 0 Å². The smallest absolute Gasteiger partial charge is 0.259 e. The third-order valence-corrected chi connectivity index (χ3v) is 6.45. The Hall–Kier alpha value is -3.00. The lowest BCUT2D eigenvalue weighted by Gasteiger charge is -2.02. The number of pyridine rings is 6. The van der Waals surface area contributed by atoms with Crippen LogP contribution in [0.4, 0.5) is 0 Å². The Morgan fingerprint density at radius 2 is 1.24 bits per heavy atom. The molecule has 0 unspecified atom stereocenters. The second kappa shape index (κ2) is 14.2. The molecule has 0 saturated carbocycles. The number of hydrogen-bond donors (Lipinski definition) is 2. The Labute approximate surface area is 247 Å². The molecule has 194 valence electrons. The first-order valence-electron chi connectivity index (χ1n) is 10.6. The van der Waals surface area contributed by atoms with Gasteiger partial charge in [0.25, 0.3) is 16.7 Å². The number of aromatic nitrogens is 6. The van der Waals surface area contributed by atoms with E-state index in [1.807, 2.05) is 18.2 Å². The van der Waals surface area contributed by atoms with E-state index in [1.165, 1.54) is 4.57 Å². The summed E-state index contributed by atoms with van der Waals surface area (Å²) in [6.45, 7) is 0. The molecule has 6 heterocycles. The van der Waals surface area contributed by atoms with Crippen LogP contribution in [-0.4, -0.2) is 29.5 Å². The molecule has 38 heavy (non-hydrogen) atoms. The van der Waals surface area contributed by atoms with E-state index in [0.29, 0.717) is 16.2 Å². The van der Waals surface area contributed by atoms with Crippen LogP contribution in [0.15, 0.2) is 103 Å². The molecule has 0 spiro atoms. The van der Waals surface area contributed by atoms with Gasteiger partial charge in [-0.15, -0.1) is 0 Å². The van der Waals surface area contributed by atoms with E-state index in [4.69, 9.17) is 0 Å². The molecule has 0 amide bonds. The molecule has 0 saturated heterocycles. The third kappa shape index (κ3) is 7.10. The highest BCUT2D eigenvalue weighted by atomic mass is 80.9. The van der Waals surface area contributed by atoms with Crippen LogP contribution in [-0.2, 0) is 7.05 Å². The predicted octanol–water partition coefficient (Wildman–Crippen LogP) is 6.00. The predicted molar refractivity (Wildman–Crippen MR) is 165 cm³/mol. The van der Waals surface area contributed by atoms with Gasteiger partial charge < -0.3 is 14.5 Å². The second-order valence-electron chi connectivity index (χ2n) is 7.47. The molecule has 2 N–H and O–H groups in total. The van der Waals surface area contributed by atoms with Gasteiger partial charge in [0.15, 0.2) is 0 Å². The van der Waals surface area contributed by atoms with Gasteiger partial charge in [0.2, 0.25) is 0 Å². The van der Waals surface area contributed by atoms with Gasteiger partial charge in [-0.1, -0.05) is 0 Å². The van der Waals surface area contributed by atoms with E-state index < -0.39 is 0 Å². The summed E-state index contributed by atoms with van der Waals surface area (Å²) in [6, 6.07) is 7.28. The molecule has 0 fully saturated rings. The first-order valence-corrected chi connectivity index (χ1v) is 15.9. The lowest BCUT2D eigenvalue weighted by Crippen LogP contribution is -2.16. The van der Waals surface area contributed by atoms with Crippen molar-refractivity contribution in [2.75, 3.05) is 0 Å². The highest BCUT2D eigenvalue weighted by Crippen LogP contribution is 2.19. The number of H-pyrrole nitrogens is 2. The van der Waals surface area contributed by atoms with Crippen LogP contribution in [0.2, 0.25) is 0 Å². The summed E-state index contributed by atoms with van der Waals surface area (Å²) in [5.74, 6) is 0. The molecular formula is C25H18Br4N6O3. The lowest BCUT2D eigenvalue weighted by molar-refractivity contribution is 0.868. The van der Waals surface area contributed by atoms with Crippen molar-refractivity contribution in [3.63, 3.8) is 0 Å². The quantitative estimate of drug-likeness (QED) is 0.196. The number of fused-ring (bicyclic) bond motifs is 3. The lowest BCUT2D eigenvalue weighted by atomic mass is 10.2. The Balaban J connectivity index is 0.000000153. The number of aryl methyl sites for hydroxylation is 1. The maximum Gasteiger partial charge on any atom is 0.259 e. The Morgan fingerprint density at radius 3 is 1.87 bits per heavy atom. The maximum atomic E-state index is 11.6. The minimum absolute atomic E-state index is 0.0219. The van der Waals surface area contributed by atoms with Crippen LogP contribution >= 0.6 is 60.1 Å². The number of halogens is 4. The fourth-order valence-electron chi connectivity index (χ4n) is 3.35. The van der Waals surface area contributed by atoms with Gasteiger partial charge in [-0.25, -0.2) is 0 Å². The van der Waals surface area contributed by atoms with Crippen molar-refractivity contribution < 1.29 is 0 Å². The summed E-state index contributed by atoms with van der Waals surface area (Å²) >= 11 is 12.2. The van der Waals surface area contributed by atoms with Crippen molar-refractivity contribution in [2.45, 2.75) is 0 Å². The van der Waals surface area contributed by atoms with E-state index in [0.717, 1.165) is 25.1 Å². The minimum Gasteiger partial charge on any atom is -0.329 e. The van der Waals surface area contributed by atoms with E-state index in [1.54, 1.807) is 68.9 Å². The molecule has 6 rings (SSSR count). The van der Waals surface area contributed by atoms with Crippen LogP contribution in [0.3, 0.4) is 0 Å². The largest absolute Gasteiger partial charge is 0.329 e. The number of aromatic amines is 2. The third-order valence-electron chi connectivity index (χ3n) is 5.17. The van der Waals surface area contributed by atoms with Crippen molar-refractivity contribution in [1.82, 2.24) is 29.5 Å². The molecule has 6 aromatic heterocycles. The second-order valence-corrected chi connectivity index (χ2v) is 9.18.